The molecule has 1 unspecified atom stereocenters. The minimum absolute atomic E-state index is 0.145. The number of aliphatic hydroxyl groups is 1. The lowest BCUT2D eigenvalue weighted by Gasteiger charge is -2.33. The van der Waals surface area contributed by atoms with Gasteiger partial charge in [0, 0.05) is 6.07 Å². The fourth-order valence-electron chi connectivity index (χ4n) is 5.01. The first-order valence-corrected chi connectivity index (χ1v) is 10.6. The van der Waals surface area contributed by atoms with E-state index in [-0.39, 0.29) is 5.56 Å². The number of nitriles is 1. The highest BCUT2D eigenvalue weighted by Gasteiger charge is 2.27. The predicted molar refractivity (Wildman–Crippen MR) is 113 cm³/mol. The summed E-state index contributed by atoms with van der Waals surface area (Å²) in [5.74, 6) is 0. The van der Waals surface area contributed by atoms with Crippen LogP contribution in [0.15, 0.2) is 35.1 Å². The number of aliphatic hydroxyl groups excluding tert-OH is 1. The number of hydrogen-bond donors (Lipinski definition) is 2. The van der Waals surface area contributed by atoms with Crippen LogP contribution in [-0.2, 0) is 6.54 Å². The number of fused-ring (bicyclic) bond motifs is 3. The van der Waals surface area contributed by atoms with Crippen LogP contribution in [-0.4, -0.2) is 39.3 Å². The van der Waals surface area contributed by atoms with Crippen LogP contribution in [0.2, 0.25) is 0 Å². The van der Waals surface area contributed by atoms with Gasteiger partial charge in [-0.05, 0) is 50.3 Å². The van der Waals surface area contributed by atoms with Gasteiger partial charge < -0.3 is 14.6 Å². The highest BCUT2D eigenvalue weighted by atomic mass is 16.3. The van der Waals surface area contributed by atoms with E-state index in [1.807, 2.05) is 28.8 Å². The molecule has 0 amide bonds. The molecular formula is C23H29N4O2+. The summed E-state index contributed by atoms with van der Waals surface area (Å²) in [6.45, 7) is 6.18. The third kappa shape index (κ3) is 3.45. The maximum absolute atomic E-state index is 12.8. The molecule has 1 fully saturated rings. The summed E-state index contributed by atoms with van der Waals surface area (Å²) in [5, 5.41) is 20.8. The van der Waals surface area contributed by atoms with Gasteiger partial charge in [0.05, 0.1) is 35.7 Å². The second-order valence-corrected chi connectivity index (χ2v) is 8.28. The Labute approximate surface area is 170 Å². The van der Waals surface area contributed by atoms with E-state index in [1.54, 1.807) is 11.3 Å². The minimum Gasteiger partial charge on any atom is -0.385 e. The Kier molecular flexibility index (Phi) is 5.44. The summed E-state index contributed by atoms with van der Waals surface area (Å²) >= 11 is 0. The summed E-state index contributed by atoms with van der Waals surface area (Å²) in [6.07, 6.45) is 4.30. The number of quaternary nitrogens is 1. The van der Waals surface area contributed by atoms with Crippen molar-refractivity contribution in [2.75, 3.05) is 13.1 Å². The first-order chi connectivity index (χ1) is 14.0. The molecule has 4 rings (SSSR count). The number of piperidine rings is 1. The number of likely N-dealkylation sites (tertiary alicyclic amines) is 1. The van der Waals surface area contributed by atoms with Gasteiger partial charge in [-0.25, -0.2) is 0 Å². The van der Waals surface area contributed by atoms with E-state index in [2.05, 4.69) is 13.0 Å². The molecule has 3 aromatic rings. The number of hydrogen-bond acceptors (Lipinski definition) is 3. The van der Waals surface area contributed by atoms with Crippen molar-refractivity contribution >= 4 is 16.7 Å². The average Bonchev–Trinajstić information content (AvgIpc) is 3.03. The van der Waals surface area contributed by atoms with Gasteiger partial charge in [-0.15, -0.1) is 0 Å². The van der Waals surface area contributed by atoms with Crippen LogP contribution in [0, 0.1) is 18.3 Å². The Morgan fingerprint density at radius 1 is 1.31 bits per heavy atom. The highest BCUT2D eigenvalue weighted by molar-refractivity contribution is 5.84. The second kappa shape index (κ2) is 8.02. The molecule has 6 nitrogen and oxygen atoms in total. The molecule has 29 heavy (non-hydrogen) atoms. The second-order valence-electron chi connectivity index (χ2n) is 8.28. The van der Waals surface area contributed by atoms with Crippen molar-refractivity contribution in [3.8, 4) is 6.07 Å². The number of pyridine rings is 1. The van der Waals surface area contributed by atoms with E-state index in [0.29, 0.717) is 35.9 Å². The lowest BCUT2D eigenvalue weighted by atomic mass is 9.99. The molecule has 2 N–H and O–H groups in total. The predicted octanol–water partition coefficient (Wildman–Crippen LogP) is 1.64. The van der Waals surface area contributed by atoms with Crippen molar-refractivity contribution in [3.05, 3.63) is 51.8 Å². The van der Waals surface area contributed by atoms with Crippen LogP contribution in [0.25, 0.3) is 16.7 Å². The Morgan fingerprint density at radius 2 is 2.07 bits per heavy atom. The van der Waals surface area contributed by atoms with Gasteiger partial charge in [-0.1, -0.05) is 19.1 Å². The van der Waals surface area contributed by atoms with Gasteiger partial charge in [-0.3, -0.25) is 9.20 Å². The smallest absolute Gasteiger partial charge is 0.257 e. The topological polar surface area (TPSA) is 74.9 Å². The molecule has 0 saturated carbocycles. The number of nitrogens with one attached hydrogen (secondary N) is 1. The SMILES string of the molecule is CC[C@H]1CCCC[NH+]1C[C@H](O)Cn1c2ccccc2n2c(=O)cc(C)c(C#N)c12. The summed E-state index contributed by atoms with van der Waals surface area (Å²) in [6, 6.07) is 12.1. The van der Waals surface area contributed by atoms with Gasteiger partial charge in [0.2, 0.25) is 0 Å². The number of rotatable bonds is 5. The van der Waals surface area contributed by atoms with Crippen LogP contribution in [0.3, 0.4) is 0 Å². The molecule has 1 aliphatic rings. The number of para-hydroxylation sites is 2. The lowest BCUT2D eigenvalue weighted by molar-refractivity contribution is -0.933. The lowest BCUT2D eigenvalue weighted by Crippen LogP contribution is -3.17. The number of nitrogens with zero attached hydrogens (tertiary/aromatic N) is 3. The fraction of sp³-hybridized carbons (Fsp3) is 0.478. The van der Waals surface area contributed by atoms with Gasteiger partial charge in [0.1, 0.15) is 24.4 Å². The summed E-state index contributed by atoms with van der Waals surface area (Å²) < 4.78 is 3.56. The van der Waals surface area contributed by atoms with Crippen LogP contribution in [0.4, 0.5) is 0 Å². The Balaban J connectivity index is 1.78. The molecule has 2 aromatic heterocycles. The van der Waals surface area contributed by atoms with E-state index in [4.69, 9.17) is 0 Å². The van der Waals surface area contributed by atoms with Crippen LogP contribution in [0.5, 0.6) is 0 Å². The molecule has 1 aliphatic heterocycles. The molecular weight excluding hydrogens is 364 g/mol. The highest BCUT2D eigenvalue weighted by Crippen LogP contribution is 2.23. The standard InChI is InChI=1S/C23H28N4O2/c1-3-17-8-6-7-11-25(17)14-18(28)15-26-20-9-4-5-10-21(20)27-22(29)12-16(2)19(13-24)23(26)27/h4-5,9-10,12,17-18,28H,3,6-8,11,14-15H2,1-2H3/p+1/t17-,18-/m0/s1. The normalized spacial score (nSPS) is 20.8. The summed E-state index contributed by atoms with van der Waals surface area (Å²) in [4.78, 5) is 14.2. The Bertz CT molecular complexity index is 1140. The summed E-state index contributed by atoms with van der Waals surface area (Å²) in [5.41, 5.74) is 3.24. The third-order valence-corrected chi connectivity index (χ3v) is 6.43. The van der Waals surface area contributed by atoms with E-state index in [0.717, 1.165) is 24.0 Å². The first-order valence-electron chi connectivity index (χ1n) is 10.6. The van der Waals surface area contributed by atoms with Crippen molar-refractivity contribution in [3.63, 3.8) is 0 Å². The molecule has 0 bridgehead atoms. The maximum atomic E-state index is 12.8. The van der Waals surface area contributed by atoms with E-state index in [9.17, 15) is 15.2 Å². The molecule has 6 heteroatoms. The van der Waals surface area contributed by atoms with Gasteiger partial charge in [0.25, 0.3) is 5.56 Å². The van der Waals surface area contributed by atoms with Crippen molar-refractivity contribution in [1.82, 2.24) is 8.97 Å². The average molecular weight is 394 g/mol. The molecule has 3 heterocycles. The minimum atomic E-state index is -0.543. The van der Waals surface area contributed by atoms with Gasteiger partial charge >= 0.3 is 0 Å². The maximum Gasteiger partial charge on any atom is 0.257 e. The zero-order chi connectivity index (χ0) is 20.5. The zero-order valence-electron chi connectivity index (χ0n) is 17.2. The van der Waals surface area contributed by atoms with Crippen molar-refractivity contribution in [2.45, 2.75) is 58.2 Å². The number of aryl methyl sites for hydroxylation is 1. The van der Waals surface area contributed by atoms with Crippen molar-refractivity contribution < 1.29 is 10.0 Å². The number of benzene rings is 1. The zero-order valence-corrected chi connectivity index (χ0v) is 17.2. The molecule has 0 spiro atoms. The Hall–Kier alpha value is -2.62. The van der Waals surface area contributed by atoms with Crippen molar-refractivity contribution in [2.24, 2.45) is 0 Å². The molecule has 0 aliphatic carbocycles. The third-order valence-electron chi connectivity index (χ3n) is 6.43. The monoisotopic (exact) mass is 393 g/mol. The Morgan fingerprint density at radius 3 is 2.79 bits per heavy atom. The van der Waals surface area contributed by atoms with Crippen LogP contribution in [0.1, 0.15) is 43.7 Å². The van der Waals surface area contributed by atoms with E-state index in [1.165, 1.54) is 30.2 Å². The largest absolute Gasteiger partial charge is 0.385 e. The first kappa shape index (κ1) is 19.7. The number of imidazole rings is 1. The molecule has 1 aromatic carbocycles. The van der Waals surface area contributed by atoms with Crippen LogP contribution >= 0.6 is 0 Å². The van der Waals surface area contributed by atoms with Gasteiger partial charge in [0.15, 0.2) is 0 Å². The summed E-state index contributed by atoms with van der Waals surface area (Å²) in [7, 11) is 0. The quantitative estimate of drug-likeness (QED) is 0.692. The molecule has 1 saturated heterocycles. The molecule has 0 radical (unpaired) electrons. The molecule has 152 valence electrons. The van der Waals surface area contributed by atoms with E-state index < -0.39 is 6.10 Å². The van der Waals surface area contributed by atoms with Crippen molar-refractivity contribution in [1.29, 1.82) is 5.26 Å². The fourth-order valence-corrected chi connectivity index (χ4v) is 5.01. The van der Waals surface area contributed by atoms with E-state index >= 15 is 0 Å². The molecule has 3 atom stereocenters. The van der Waals surface area contributed by atoms with Crippen LogP contribution < -0.4 is 10.5 Å². The number of aromatic nitrogens is 2. The van der Waals surface area contributed by atoms with Gasteiger partial charge in [-0.2, -0.15) is 5.26 Å².